The second kappa shape index (κ2) is 10.1. The zero-order valence-corrected chi connectivity index (χ0v) is 14.4. The summed E-state index contributed by atoms with van der Waals surface area (Å²) >= 11 is 2.02. The number of thioether (sulfide) groups is 1. The Bertz CT molecular complexity index is 283. The molecule has 20 heavy (non-hydrogen) atoms. The molecule has 0 aromatic carbocycles. The van der Waals surface area contributed by atoms with Gasteiger partial charge in [-0.15, -0.1) is 24.8 Å². The van der Waals surface area contributed by atoms with Crippen LogP contribution in [0.15, 0.2) is 0 Å². The molecule has 1 saturated carbocycles. The second-order valence-corrected chi connectivity index (χ2v) is 6.63. The van der Waals surface area contributed by atoms with Crippen molar-refractivity contribution >= 4 is 42.5 Å². The van der Waals surface area contributed by atoms with E-state index in [1.807, 2.05) is 11.8 Å². The van der Waals surface area contributed by atoms with E-state index in [0.717, 1.165) is 51.9 Å². The molecule has 4 nitrogen and oxygen atoms in total. The molecule has 2 rings (SSSR count). The van der Waals surface area contributed by atoms with Gasteiger partial charge in [0.2, 0.25) is 5.91 Å². The van der Waals surface area contributed by atoms with Gasteiger partial charge in [-0.25, -0.2) is 0 Å². The maximum Gasteiger partial charge on any atom is 0.227 e. The van der Waals surface area contributed by atoms with E-state index in [0.29, 0.717) is 6.54 Å². The number of hydrogen-bond acceptors (Lipinski definition) is 4. The molecule has 1 saturated heterocycles. The Labute approximate surface area is 138 Å². The molecule has 0 bridgehead atoms. The second-order valence-electron chi connectivity index (χ2n) is 5.40. The van der Waals surface area contributed by atoms with Crippen LogP contribution in [0.4, 0.5) is 0 Å². The van der Waals surface area contributed by atoms with Crippen molar-refractivity contribution in [2.45, 2.75) is 25.7 Å². The normalized spacial score (nSPS) is 21.6. The van der Waals surface area contributed by atoms with Crippen molar-refractivity contribution in [2.75, 3.05) is 44.2 Å². The summed E-state index contributed by atoms with van der Waals surface area (Å²) in [6.07, 6.45) is 4.23. The molecule has 0 atom stereocenters. The lowest BCUT2D eigenvalue weighted by Crippen LogP contribution is -2.47. The highest BCUT2D eigenvalue weighted by atomic mass is 35.5. The molecule has 0 aromatic rings. The summed E-state index contributed by atoms with van der Waals surface area (Å²) in [5.74, 6) is 2.63. The average Bonchev–Trinajstić information content (AvgIpc) is 2.90. The summed E-state index contributed by atoms with van der Waals surface area (Å²) in [5, 5.41) is 3.10. The van der Waals surface area contributed by atoms with Gasteiger partial charge in [0.1, 0.15) is 0 Å². The largest absolute Gasteiger partial charge is 0.354 e. The van der Waals surface area contributed by atoms with Crippen LogP contribution in [0.1, 0.15) is 25.7 Å². The fraction of sp³-hybridized carbons (Fsp3) is 0.923. The predicted molar refractivity (Wildman–Crippen MR) is 91.2 cm³/mol. The first kappa shape index (κ1) is 20.3. The van der Waals surface area contributed by atoms with Gasteiger partial charge in [-0.05, 0) is 12.8 Å². The van der Waals surface area contributed by atoms with E-state index in [-0.39, 0.29) is 36.1 Å². The Hall–Kier alpha value is 0.320. The van der Waals surface area contributed by atoms with Crippen LogP contribution in [-0.2, 0) is 4.79 Å². The first-order valence-corrected chi connectivity index (χ1v) is 8.21. The van der Waals surface area contributed by atoms with Crippen LogP contribution in [0, 0.1) is 5.41 Å². The number of carbonyl (C=O) groups is 1. The van der Waals surface area contributed by atoms with E-state index in [1.165, 1.54) is 11.5 Å². The highest BCUT2D eigenvalue weighted by Gasteiger charge is 2.39. The SMILES string of the molecule is Cl.Cl.NCC1(C(=O)NCCN2CCSCC2)CCCC1. The first-order chi connectivity index (χ1) is 8.77. The quantitative estimate of drug-likeness (QED) is 0.794. The molecule has 3 N–H and O–H groups in total. The van der Waals surface area contributed by atoms with Gasteiger partial charge in [-0.1, -0.05) is 12.8 Å². The van der Waals surface area contributed by atoms with Crippen molar-refractivity contribution in [3.05, 3.63) is 0 Å². The average molecular weight is 344 g/mol. The molecule has 1 aliphatic heterocycles. The van der Waals surface area contributed by atoms with Gasteiger partial charge in [0.15, 0.2) is 0 Å². The van der Waals surface area contributed by atoms with Crippen LogP contribution in [0.25, 0.3) is 0 Å². The van der Waals surface area contributed by atoms with Crippen LogP contribution < -0.4 is 11.1 Å². The Morgan fingerprint density at radius 1 is 1.20 bits per heavy atom. The third-order valence-electron chi connectivity index (χ3n) is 4.25. The molecule has 1 heterocycles. The molecular weight excluding hydrogens is 317 g/mol. The number of halogens is 2. The van der Waals surface area contributed by atoms with Crippen LogP contribution in [0.3, 0.4) is 0 Å². The van der Waals surface area contributed by atoms with Gasteiger partial charge in [-0.2, -0.15) is 11.8 Å². The summed E-state index contributed by atoms with van der Waals surface area (Å²) in [6.45, 7) is 4.56. The lowest BCUT2D eigenvalue weighted by molar-refractivity contribution is -0.130. The highest BCUT2D eigenvalue weighted by molar-refractivity contribution is 7.99. The minimum Gasteiger partial charge on any atom is -0.354 e. The first-order valence-electron chi connectivity index (χ1n) is 7.05. The summed E-state index contributed by atoms with van der Waals surface area (Å²) < 4.78 is 0. The van der Waals surface area contributed by atoms with Gasteiger partial charge >= 0.3 is 0 Å². The summed E-state index contributed by atoms with van der Waals surface area (Å²) in [4.78, 5) is 14.7. The number of nitrogens with zero attached hydrogens (tertiary/aromatic N) is 1. The van der Waals surface area contributed by atoms with E-state index in [4.69, 9.17) is 5.73 Å². The van der Waals surface area contributed by atoms with E-state index < -0.39 is 0 Å². The fourth-order valence-corrected chi connectivity index (χ4v) is 3.89. The predicted octanol–water partition coefficient (Wildman–Crippen LogP) is 1.51. The van der Waals surface area contributed by atoms with Crippen molar-refractivity contribution in [3.8, 4) is 0 Å². The van der Waals surface area contributed by atoms with E-state index in [1.54, 1.807) is 0 Å². The van der Waals surface area contributed by atoms with E-state index >= 15 is 0 Å². The number of carbonyl (C=O) groups excluding carboxylic acids is 1. The van der Waals surface area contributed by atoms with Crippen molar-refractivity contribution in [2.24, 2.45) is 11.1 Å². The Morgan fingerprint density at radius 2 is 1.80 bits per heavy atom. The minimum absolute atomic E-state index is 0. The Kier molecular flexibility index (Phi) is 10.3. The molecular formula is C13H27Cl2N3OS. The molecule has 0 unspecified atom stereocenters. The summed E-state index contributed by atoms with van der Waals surface area (Å²) in [5.41, 5.74) is 5.56. The summed E-state index contributed by atoms with van der Waals surface area (Å²) in [7, 11) is 0. The van der Waals surface area contributed by atoms with Gasteiger partial charge in [0, 0.05) is 44.2 Å². The molecule has 1 amide bonds. The van der Waals surface area contributed by atoms with Gasteiger partial charge in [-0.3, -0.25) is 9.69 Å². The summed E-state index contributed by atoms with van der Waals surface area (Å²) in [6, 6.07) is 0. The zero-order valence-electron chi connectivity index (χ0n) is 11.9. The maximum atomic E-state index is 12.2. The molecule has 1 aliphatic carbocycles. The Balaban J connectivity index is 0.00000180. The molecule has 2 aliphatic rings. The molecule has 7 heteroatoms. The number of hydrogen-bond donors (Lipinski definition) is 2. The van der Waals surface area contributed by atoms with Crippen molar-refractivity contribution < 1.29 is 4.79 Å². The van der Waals surface area contributed by atoms with E-state index in [2.05, 4.69) is 10.2 Å². The monoisotopic (exact) mass is 343 g/mol. The Morgan fingerprint density at radius 3 is 2.35 bits per heavy atom. The van der Waals surface area contributed by atoms with Crippen molar-refractivity contribution in [1.29, 1.82) is 0 Å². The van der Waals surface area contributed by atoms with E-state index in [9.17, 15) is 4.79 Å². The topological polar surface area (TPSA) is 58.4 Å². The molecule has 120 valence electrons. The van der Waals surface area contributed by atoms with Gasteiger partial charge in [0.05, 0.1) is 5.41 Å². The number of rotatable bonds is 5. The minimum atomic E-state index is -0.252. The highest BCUT2D eigenvalue weighted by Crippen LogP contribution is 2.37. The van der Waals surface area contributed by atoms with Crippen LogP contribution >= 0.6 is 36.6 Å². The number of nitrogens with one attached hydrogen (secondary N) is 1. The smallest absolute Gasteiger partial charge is 0.227 e. The van der Waals surface area contributed by atoms with Crippen LogP contribution in [-0.4, -0.2) is 55.0 Å². The standard InChI is InChI=1S/C13H25N3OS.2ClH/c14-11-13(3-1-2-4-13)12(17)15-5-6-16-7-9-18-10-8-16;;/h1-11,14H2,(H,15,17);2*1H. The lowest BCUT2D eigenvalue weighted by atomic mass is 9.85. The molecule has 0 radical (unpaired) electrons. The third-order valence-corrected chi connectivity index (χ3v) is 5.19. The van der Waals surface area contributed by atoms with Crippen molar-refractivity contribution in [1.82, 2.24) is 10.2 Å². The van der Waals surface area contributed by atoms with Crippen molar-refractivity contribution in [3.63, 3.8) is 0 Å². The number of amides is 1. The lowest BCUT2D eigenvalue weighted by Gasteiger charge is -2.28. The molecule has 0 aromatic heterocycles. The molecule has 2 fully saturated rings. The van der Waals surface area contributed by atoms with Crippen LogP contribution in [0.2, 0.25) is 0 Å². The third kappa shape index (κ3) is 5.26. The van der Waals surface area contributed by atoms with Crippen LogP contribution in [0.5, 0.6) is 0 Å². The zero-order chi connectivity index (χ0) is 12.8. The van der Waals surface area contributed by atoms with Gasteiger partial charge < -0.3 is 11.1 Å². The maximum absolute atomic E-state index is 12.2. The van der Waals surface area contributed by atoms with Gasteiger partial charge in [0.25, 0.3) is 0 Å². The molecule has 0 spiro atoms. The fourth-order valence-electron chi connectivity index (χ4n) is 2.92. The number of nitrogens with two attached hydrogens (primary N) is 1.